The van der Waals surface area contributed by atoms with Crippen molar-refractivity contribution < 1.29 is 9.53 Å². The summed E-state index contributed by atoms with van der Waals surface area (Å²) >= 11 is 0. The molecular formula is C26H30N2O2. The SMILES string of the molecule is CCN(CC)Cc1cccc(NC(=O)COC(c2ccccc2)c2ccccc2)c1. The molecule has 1 N–H and O–H groups in total. The molecule has 3 rings (SSSR count). The van der Waals surface area contributed by atoms with Gasteiger partial charge < -0.3 is 10.1 Å². The first kappa shape index (κ1) is 21.8. The summed E-state index contributed by atoms with van der Waals surface area (Å²) in [7, 11) is 0. The minimum atomic E-state index is -0.285. The van der Waals surface area contributed by atoms with Gasteiger partial charge in [-0.25, -0.2) is 0 Å². The van der Waals surface area contributed by atoms with Crippen molar-refractivity contribution in [2.75, 3.05) is 25.0 Å². The van der Waals surface area contributed by atoms with Gasteiger partial charge >= 0.3 is 0 Å². The number of benzene rings is 3. The molecular weight excluding hydrogens is 372 g/mol. The molecule has 0 fully saturated rings. The van der Waals surface area contributed by atoms with Crippen LogP contribution in [-0.2, 0) is 16.1 Å². The second kappa shape index (κ2) is 11.3. The average Bonchev–Trinajstić information content (AvgIpc) is 2.79. The molecule has 0 saturated heterocycles. The maximum absolute atomic E-state index is 12.6. The van der Waals surface area contributed by atoms with Gasteiger partial charge in [0, 0.05) is 12.2 Å². The minimum absolute atomic E-state index is 0.0191. The zero-order chi connectivity index (χ0) is 21.2. The van der Waals surface area contributed by atoms with E-state index in [0.29, 0.717) is 0 Å². The van der Waals surface area contributed by atoms with E-state index < -0.39 is 0 Å². The smallest absolute Gasteiger partial charge is 0.250 e. The lowest BCUT2D eigenvalue weighted by atomic mass is 10.0. The number of rotatable bonds is 10. The fraction of sp³-hybridized carbons (Fsp3) is 0.269. The van der Waals surface area contributed by atoms with Crippen LogP contribution in [0, 0.1) is 0 Å². The zero-order valence-electron chi connectivity index (χ0n) is 17.8. The summed E-state index contributed by atoms with van der Waals surface area (Å²) in [5.41, 5.74) is 4.03. The summed E-state index contributed by atoms with van der Waals surface area (Å²) < 4.78 is 6.06. The van der Waals surface area contributed by atoms with E-state index in [4.69, 9.17) is 4.74 Å². The molecule has 3 aromatic carbocycles. The number of carbonyl (C=O) groups excluding carboxylic acids is 1. The van der Waals surface area contributed by atoms with E-state index in [-0.39, 0.29) is 18.6 Å². The summed E-state index contributed by atoms with van der Waals surface area (Å²) in [4.78, 5) is 14.9. The Kier molecular flexibility index (Phi) is 8.19. The van der Waals surface area contributed by atoms with Gasteiger partial charge in [0.25, 0.3) is 0 Å². The van der Waals surface area contributed by atoms with Crippen molar-refractivity contribution in [3.8, 4) is 0 Å². The molecule has 0 unspecified atom stereocenters. The molecule has 0 heterocycles. The molecule has 0 atom stereocenters. The van der Waals surface area contributed by atoms with E-state index in [1.165, 1.54) is 5.56 Å². The summed E-state index contributed by atoms with van der Waals surface area (Å²) in [5.74, 6) is -0.160. The van der Waals surface area contributed by atoms with Gasteiger partial charge in [0.15, 0.2) is 0 Å². The highest BCUT2D eigenvalue weighted by Crippen LogP contribution is 2.25. The molecule has 156 valence electrons. The highest BCUT2D eigenvalue weighted by atomic mass is 16.5. The molecule has 0 aromatic heterocycles. The van der Waals surface area contributed by atoms with Crippen LogP contribution in [0.25, 0.3) is 0 Å². The Hall–Kier alpha value is -2.95. The number of nitrogens with zero attached hydrogens (tertiary/aromatic N) is 1. The van der Waals surface area contributed by atoms with Crippen molar-refractivity contribution in [2.24, 2.45) is 0 Å². The highest BCUT2D eigenvalue weighted by Gasteiger charge is 2.16. The third kappa shape index (κ3) is 6.28. The maximum Gasteiger partial charge on any atom is 0.250 e. The van der Waals surface area contributed by atoms with Crippen molar-refractivity contribution >= 4 is 11.6 Å². The average molecular weight is 403 g/mol. The molecule has 4 heteroatoms. The molecule has 1 amide bonds. The number of ether oxygens (including phenoxy) is 1. The second-order valence-corrected chi connectivity index (χ2v) is 7.22. The molecule has 0 saturated carbocycles. The van der Waals surface area contributed by atoms with E-state index in [1.807, 2.05) is 78.9 Å². The largest absolute Gasteiger partial charge is 0.359 e. The summed E-state index contributed by atoms with van der Waals surface area (Å²) in [5, 5.41) is 2.97. The van der Waals surface area contributed by atoms with Crippen LogP contribution in [0.1, 0.15) is 36.6 Å². The molecule has 30 heavy (non-hydrogen) atoms. The van der Waals surface area contributed by atoms with Crippen LogP contribution in [0.15, 0.2) is 84.9 Å². The quantitative estimate of drug-likeness (QED) is 0.502. The van der Waals surface area contributed by atoms with Crippen LogP contribution in [0.2, 0.25) is 0 Å². The van der Waals surface area contributed by atoms with Crippen molar-refractivity contribution in [3.63, 3.8) is 0 Å². The molecule has 0 aliphatic carbocycles. The molecule has 0 radical (unpaired) electrons. The van der Waals surface area contributed by atoms with Crippen LogP contribution in [0.4, 0.5) is 5.69 Å². The van der Waals surface area contributed by atoms with E-state index in [1.54, 1.807) is 0 Å². The van der Waals surface area contributed by atoms with Gasteiger partial charge in [0.05, 0.1) is 0 Å². The van der Waals surface area contributed by atoms with Gasteiger partial charge in [-0.3, -0.25) is 9.69 Å². The summed E-state index contributed by atoms with van der Waals surface area (Å²) in [6, 6.07) is 28.0. The standard InChI is InChI=1S/C26H30N2O2/c1-3-28(4-2)19-21-12-11-17-24(18-21)27-25(29)20-30-26(22-13-7-5-8-14-22)23-15-9-6-10-16-23/h5-18,26H,3-4,19-20H2,1-2H3,(H,27,29). The van der Waals surface area contributed by atoms with Gasteiger partial charge in [-0.2, -0.15) is 0 Å². The number of anilines is 1. The predicted molar refractivity (Wildman–Crippen MR) is 122 cm³/mol. The molecule has 0 spiro atoms. The monoisotopic (exact) mass is 402 g/mol. The first-order valence-electron chi connectivity index (χ1n) is 10.5. The maximum atomic E-state index is 12.6. The predicted octanol–water partition coefficient (Wildman–Crippen LogP) is 5.27. The molecule has 0 aliphatic rings. The second-order valence-electron chi connectivity index (χ2n) is 7.22. The zero-order valence-corrected chi connectivity index (χ0v) is 17.8. The van der Waals surface area contributed by atoms with Crippen LogP contribution < -0.4 is 5.32 Å². The number of carbonyl (C=O) groups is 1. The van der Waals surface area contributed by atoms with Crippen molar-refractivity contribution in [1.29, 1.82) is 0 Å². The van der Waals surface area contributed by atoms with Crippen LogP contribution >= 0.6 is 0 Å². The van der Waals surface area contributed by atoms with Crippen molar-refractivity contribution in [3.05, 3.63) is 102 Å². The van der Waals surface area contributed by atoms with Crippen molar-refractivity contribution in [2.45, 2.75) is 26.5 Å². The Morgan fingerprint density at radius 2 is 1.47 bits per heavy atom. The van der Waals surface area contributed by atoms with Gasteiger partial charge in [0.2, 0.25) is 5.91 Å². The fourth-order valence-electron chi connectivity index (χ4n) is 3.45. The van der Waals surface area contributed by atoms with E-state index in [2.05, 4.69) is 30.1 Å². The third-order valence-electron chi connectivity index (χ3n) is 5.10. The van der Waals surface area contributed by atoms with Crippen LogP contribution in [0.3, 0.4) is 0 Å². The number of hydrogen-bond acceptors (Lipinski definition) is 3. The topological polar surface area (TPSA) is 41.6 Å². The molecule has 0 bridgehead atoms. The van der Waals surface area contributed by atoms with Crippen LogP contribution in [-0.4, -0.2) is 30.5 Å². The first-order valence-corrected chi connectivity index (χ1v) is 10.5. The lowest BCUT2D eigenvalue weighted by molar-refractivity contribution is -0.121. The number of hydrogen-bond donors (Lipinski definition) is 1. The summed E-state index contributed by atoms with van der Waals surface area (Å²) in [6.45, 7) is 7.17. The lowest BCUT2D eigenvalue weighted by Gasteiger charge is -2.19. The molecule has 3 aromatic rings. The van der Waals surface area contributed by atoms with Gasteiger partial charge in [0.1, 0.15) is 12.7 Å². The molecule has 4 nitrogen and oxygen atoms in total. The minimum Gasteiger partial charge on any atom is -0.359 e. The number of nitrogens with one attached hydrogen (secondary N) is 1. The first-order chi connectivity index (χ1) is 14.7. The number of amides is 1. The van der Waals surface area contributed by atoms with Gasteiger partial charge in [-0.15, -0.1) is 0 Å². The normalized spacial score (nSPS) is 11.1. The van der Waals surface area contributed by atoms with E-state index >= 15 is 0 Å². The van der Waals surface area contributed by atoms with Gasteiger partial charge in [-0.05, 0) is 41.9 Å². The Morgan fingerprint density at radius 1 is 0.867 bits per heavy atom. The Bertz CT molecular complexity index is 869. The van der Waals surface area contributed by atoms with Gasteiger partial charge in [-0.1, -0.05) is 86.6 Å². The third-order valence-corrected chi connectivity index (χ3v) is 5.10. The lowest BCUT2D eigenvalue weighted by Crippen LogP contribution is -2.23. The van der Waals surface area contributed by atoms with Crippen molar-refractivity contribution in [1.82, 2.24) is 4.90 Å². The fourth-order valence-corrected chi connectivity index (χ4v) is 3.45. The van der Waals surface area contributed by atoms with Crippen LogP contribution in [0.5, 0.6) is 0 Å². The van der Waals surface area contributed by atoms with E-state index in [0.717, 1.165) is 36.4 Å². The highest BCUT2D eigenvalue weighted by molar-refractivity contribution is 5.91. The summed E-state index contributed by atoms with van der Waals surface area (Å²) in [6.07, 6.45) is -0.285. The Morgan fingerprint density at radius 3 is 2.03 bits per heavy atom. The Labute approximate surface area is 179 Å². The Balaban J connectivity index is 1.64. The molecule has 0 aliphatic heterocycles. The van der Waals surface area contributed by atoms with E-state index in [9.17, 15) is 4.79 Å².